The zero-order chi connectivity index (χ0) is 7.54. The number of aliphatic hydroxyl groups excluding tert-OH is 1. The average Bonchev–Trinajstić information content (AvgIpc) is 1.94. The third kappa shape index (κ3) is 18.1. The zero-order valence-corrected chi connectivity index (χ0v) is 6.14. The lowest BCUT2D eigenvalue weighted by Crippen LogP contribution is -2.02. The first-order valence-corrected chi connectivity index (χ1v) is 3.26. The highest BCUT2D eigenvalue weighted by atomic mass is 16.2. The molecule has 0 radical (unpaired) electrons. The largest absolute Gasteiger partial charge is 0.400 e. The van der Waals surface area contributed by atoms with E-state index in [-0.39, 0.29) is 0 Å². The van der Waals surface area contributed by atoms with Crippen molar-refractivity contribution >= 4 is 0 Å². The van der Waals surface area contributed by atoms with Crippen molar-refractivity contribution < 1.29 is 5.11 Å². The van der Waals surface area contributed by atoms with Crippen LogP contribution in [-0.4, -0.2) is 25.3 Å². The second kappa shape index (κ2) is 15.7. The summed E-state index contributed by atoms with van der Waals surface area (Å²) >= 11 is 0. The van der Waals surface area contributed by atoms with Gasteiger partial charge in [0.1, 0.15) is 0 Å². The Bertz CT molecular complexity index is 30.2. The third-order valence-electron chi connectivity index (χ3n) is 0.908. The molecule has 5 N–H and O–H groups in total. The molecule has 0 aromatic carbocycles. The highest BCUT2D eigenvalue weighted by Gasteiger charge is 1.80. The van der Waals surface area contributed by atoms with Gasteiger partial charge in [0.25, 0.3) is 0 Å². The summed E-state index contributed by atoms with van der Waals surface area (Å²) in [7, 11) is 1.00. The highest BCUT2D eigenvalue weighted by molar-refractivity contribution is 4.41. The Balaban J connectivity index is 0. The van der Waals surface area contributed by atoms with Crippen LogP contribution >= 0.6 is 0 Å². The number of aliphatic hydroxyl groups is 1. The highest BCUT2D eigenvalue weighted by Crippen LogP contribution is 1.88. The van der Waals surface area contributed by atoms with Gasteiger partial charge in [0.05, 0.1) is 0 Å². The first-order valence-electron chi connectivity index (χ1n) is 3.26. The van der Waals surface area contributed by atoms with Crippen LogP contribution in [0.4, 0.5) is 0 Å². The second-order valence-electron chi connectivity index (χ2n) is 1.64. The van der Waals surface area contributed by atoms with E-state index < -0.39 is 0 Å². The Kier molecular flexibility index (Phi) is 20.3. The topological polar surface area (TPSA) is 72.3 Å². The van der Waals surface area contributed by atoms with Crippen molar-refractivity contribution in [2.75, 3.05) is 20.2 Å². The van der Waals surface area contributed by atoms with Crippen LogP contribution in [0.1, 0.15) is 19.3 Å². The molecule has 0 rings (SSSR count). The molecule has 0 spiro atoms. The van der Waals surface area contributed by atoms with Gasteiger partial charge in [-0.1, -0.05) is 6.42 Å². The van der Waals surface area contributed by atoms with E-state index in [9.17, 15) is 0 Å². The monoisotopic (exact) mass is 134 g/mol. The summed E-state index contributed by atoms with van der Waals surface area (Å²) in [4.78, 5) is 0. The molecule has 0 aromatic heterocycles. The Morgan fingerprint density at radius 2 is 1.22 bits per heavy atom. The normalized spacial score (nSPS) is 8.00. The first kappa shape index (κ1) is 11.6. The van der Waals surface area contributed by atoms with E-state index in [4.69, 9.17) is 16.6 Å². The van der Waals surface area contributed by atoms with Crippen molar-refractivity contribution in [1.29, 1.82) is 0 Å². The molecule has 0 aliphatic carbocycles. The van der Waals surface area contributed by atoms with Gasteiger partial charge in [0, 0.05) is 7.11 Å². The molecule has 3 heteroatoms. The van der Waals surface area contributed by atoms with Crippen LogP contribution in [0.5, 0.6) is 0 Å². The van der Waals surface area contributed by atoms with Crippen LogP contribution in [0, 0.1) is 0 Å². The fourth-order valence-electron chi connectivity index (χ4n) is 0.465. The maximum absolute atomic E-state index is 7.00. The van der Waals surface area contributed by atoms with Crippen molar-refractivity contribution in [3.8, 4) is 0 Å². The average molecular weight is 134 g/mol. The van der Waals surface area contributed by atoms with Gasteiger partial charge < -0.3 is 16.6 Å². The molecule has 0 amide bonds. The number of nitrogens with two attached hydrogens (primary N) is 2. The molecular weight excluding hydrogens is 116 g/mol. The molecule has 0 atom stereocenters. The Labute approximate surface area is 57.0 Å². The Hall–Kier alpha value is -0.120. The number of hydrogen-bond donors (Lipinski definition) is 3. The van der Waals surface area contributed by atoms with Crippen LogP contribution in [0.25, 0.3) is 0 Å². The molecule has 9 heavy (non-hydrogen) atoms. The van der Waals surface area contributed by atoms with Gasteiger partial charge in [-0.15, -0.1) is 0 Å². The standard InChI is InChI=1S/C5H14N2.CH4O/c6-4-2-1-3-5-7;1-2/h1-7H2;2H,1H3. The summed E-state index contributed by atoms with van der Waals surface area (Å²) in [6.07, 6.45) is 3.43. The summed E-state index contributed by atoms with van der Waals surface area (Å²) in [6.45, 7) is 1.61. The van der Waals surface area contributed by atoms with E-state index in [1.165, 1.54) is 6.42 Å². The molecule has 0 aliphatic heterocycles. The molecule has 0 unspecified atom stereocenters. The molecule has 58 valence electrons. The lowest BCUT2D eigenvalue weighted by Gasteiger charge is -1.91. The van der Waals surface area contributed by atoms with Gasteiger partial charge in [-0.05, 0) is 25.9 Å². The predicted molar refractivity (Wildman–Crippen MR) is 40.1 cm³/mol. The maximum atomic E-state index is 7.00. The molecule has 0 saturated heterocycles. The van der Waals surface area contributed by atoms with Gasteiger partial charge in [-0.3, -0.25) is 0 Å². The summed E-state index contributed by atoms with van der Waals surface area (Å²) < 4.78 is 0. The second-order valence-corrected chi connectivity index (χ2v) is 1.64. The smallest absolute Gasteiger partial charge is 0.0319 e. The SMILES string of the molecule is CO.NCCCCCN. The molecule has 0 saturated carbocycles. The van der Waals surface area contributed by atoms with E-state index >= 15 is 0 Å². The Morgan fingerprint density at radius 1 is 0.889 bits per heavy atom. The van der Waals surface area contributed by atoms with Gasteiger partial charge >= 0.3 is 0 Å². The minimum atomic E-state index is 0.806. The third-order valence-corrected chi connectivity index (χ3v) is 0.908. The predicted octanol–water partition coefficient (Wildman–Crippen LogP) is -0.317. The Morgan fingerprint density at radius 3 is 1.44 bits per heavy atom. The van der Waals surface area contributed by atoms with Crippen LogP contribution in [0.15, 0.2) is 0 Å². The summed E-state index contributed by atoms with van der Waals surface area (Å²) in [6, 6.07) is 0. The fraction of sp³-hybridized carbons (Fsp3) is 1.00. The van der Waals surface area contributed by atoms with E-state index in [0.29, 0.717) is 0 Å². The molecule has 3 nitrogen and oxygen atoms in total. The van der Waals surface area contributed by atoms with Crippen molar-refractivity contribution in [3.05, 3.63) is 0 Å². The molecular formula is C6H18N2O. The molecule has 0 heterocycles. The zero-order valence-electron chi connectivity index (χ0n) is 6.14. The van der Waals surface area contributed by atoms with Gasteiger partial charge in [-0.25, -0.2) is 0 Å². The minimum absolute atomic E-state index is 0.806. The molecule has 0 aliphatic rings. The number of hydrogen-bond acceptors (Lipinski definition) is 3. The van der Waals surface area contributed by atoms with Crippen LogP contribution in [-0.2, 0) is 0 Å². The lowest BCUT2D eigenvalue weighted by atomic mass is 10.2. The first-order chi connectivity index (χ1) is 4.41. The van der Waals surface area contributed by atoms with Crippen LogP contribution in [0.3, 0.4) is 0 Å². The summed E-state index contributed by atoms with van der Waals surface area (Å²) in [5.41, 5.74) is 10.5. The van der Waals surface area contributed by atoms with Gasteiger partial charge in [-0.2, -0.15) is 0 Å². The van der Waals surface area contributed by atoms with E-state index in [1.807, 2.05) is 0 Å². The van der Waals surface area contributed by atoms with Gasteiger partial charge in [0.2, 0.25) is 0 Å². The van der Waals surface area contributed by atoms with Crippen molar-refractivity contribution in [3.63, 3.8) is 0 Å². The quantitative estimate of drug-likeness (QED) is 0.461. The van der Waals surface area contributed by atoms with Crippen molar-refractivity contribution in [2.45, 2.75) is 19.3 Å². The van der Waals surface area contributed by atoms with Crippen molar-refractivity contribution in [1.82, 2.24) is 0 Å². The van der Waals surface area contributed by atoms with E-state index in [0.717, 1.165) is 33.0 Å². The number of rotatable bonds is 4. The van der Waals surface area contributed by atoms with Gasteiger partial charge in [0.15, 0.2) is 0 Å². The molecule has 0 fully saturated rings. The number of unbranched alkanes of at least 4 members (excludes halogenated alkanes) is 2. The van der Waals surface area contributed by atoms with Crippen molar-refractivity contribution in [2.24, 2.45) is 11.5 Å². The fourth-order valence-corrected chi connectivity index (χ4v) is 0.465. The maximum Gasteiger partial charge on any atom is 0.0319 e. The van der Waals surface area contributed by atoms with E-state index in [2.05, 4.69) is 0 Å². The van der Waals surface area contributed by atoms with E-state index in [1.54, 1.807) is 0 Å². The molecule has 0 aromatic rings. The summed E-state index contributed by atoms with van der Waals surface area (Å²) in [5.74, 6) is 0. The minimum Gasteiger partial charge on any atom is -0.400 e. The summed E-state index contributed by atoms with van der Waals surface area (Å²) in [5, 5.41) is 7.00. The van der Waals surface area contributed by atoms with Crippen LogP contribution < -0.4 is 11.5 Å². The lowest BCUT2D eigenvalue weighted by molar-refractivity contribution is 0.399. The van der Waals surface area contributed by atoms with Crippen LogP contribution in [0.2, 0.25) is 0 Å². The molecule has 0 bridgehead atoms.